The Kier molecular flexibility index (Phi) is 4.54. The van der Waals surface area contributed by atoms with E-state index in [-0.39, 0.29) is 0 Å². The molecule has 0 saturated carbocycles. The first-order valence-electron chi connectivity index (χ1n) is 8.57. The highest BCUT2D eigenvalue weighted by Crippen LogP contribution is 2.22. The Labute approximate surface area is 155 Å². The van der Waals surface area contributed by atoms with Crippen molar-refractivity contribution in [2.45, 2.75) is 6.42 Å². The fraction of sp³-hybridized carbons (Fsp3) is 0.0435. The van der Waals surface area contributed by atoms with Crippen LogP contribution in [0.25, 0.3) is 11.0 Å². The van der Waals surface area contributed by atoms with Crippen LogP contribution in [0.5, 0.6) is 5.75 Å². The lowest BCUT2D eigenvalue weighted by molar-refractivity contribution is 0.0734. The van der Waals surface area contributed by atoms with Crippen molar-refractivity contribution in [3.8, 4) is 5.75 Å². The number of fused-ring (bicyclic) bond motifs is 1. The van der Waals surface area contributed by atoms with Gasteiger partial charge in [0.2, 0.25) is 0 Å². The lowest BCUT2D eigenvalue weighted by atomic mass is 10.00. The topological polar surface area (TPSA) is 56.5 Å². The van der Waals surface area contributed by atoms with Crippen molar-refractivity contribution < 1.29 is 13.9 Å². The second-order valence-corrected chi connectivity index (χ2v) is 6.16. The number of carbonyl (C=O) groups is 1. The van der Waals surface area contributed by atoms with Crippen LogP contribution in [0.15, 0.2) is 94.1 Å². The van der Waals surface area contributed by atoms with E-state index in [1.807, 2.05) is 48.5 Å². The van der Waals surface area contributed by atoms with E-state index in [0.29, 0.717) is 23.3 Å². The summed E-state index contributed by atoms with van der Waals surface area (Å²) in [5.41, 5.74) is 2.45. The first kappa shape index (κ1) is 16.8. The van der Waals surface area contributed by atoms with Crippen LogP contribution in [-0.2, 0) is 6.42 Å². The molecule has 4 heteroatoms. The van der Waals surface area contributed by atoms with Gasteiger partial charge in [0.25, 0.3) is 0 Å². The maximum atomic E-state index is 12.7. The quantitative estimate of drug-likeness (QED) is 0.305. The van der Waals surface area contributed by atoms with Gasteiger partial charge in [-0.2, -0.15) is 0 Å². The predicted molar refractivity (Wildman–Crippen MR) is 103 cm³/mol. The lowest BCUT2D eigenvalue weighted by Crippen LogP contribution is -2.11. The van der Waals surface area contributed by atoms with Crippen molar-refractivity contribution in [3.63, 3.8) is 0 Å². The molecular formula is C23H16O4. The van der Waals surface area contributed by atoms with Gasteiger partial charge in [-0.25, -0.2) is 9.59 Å². The van der Waals surface area contributed by atoms with Crippen LogP contribution in [-0.4, -0.2) is 5.97 Å². The summed E-state index contributed by atoms with van der Waals surface area (Å²) >= 11 is 0. The highest BCUT2D eigenvalue weighted by Gasteiger charge is 2.14. The molecule has 0 spiro atoms. The van der Waals surface area contributed by atoms with Gasteiger partial charge < -0.3 is 9.15 Å². The van der Waals surface area contributed by atoms with Crippen molar-refractivity contribution in [1.82, 2.24) is 0 Å². The number of hydrogen-bond acceptors (Lipinski definition) is 4. The molecule has 0 radical (unpaired) electrons. The van der Waals surface area contributed by atoms with Gasteiger partial charge in [-0.1, -0.05) is 48.5 Å². The second kappa shape index (κ2) is 7.30. The first-order chi connectivity index (χ1) is 13.2. The van der Waals surface area contributed by atoms with Crippen LogP contribution in [0.2, 0.25) is 0 Å². The zero-order chi connectivity index (χ0) is 18.6. The van der Waals surface area contributed by atoms with Crippen LogP contribution in [0.3, 0.4) is 0 Å². The number of benzene rings is 3. The molecule has 1 heterocycles. The normalized spacial score (nSPS) is 10.7. The summed E-state index contributed by atoms with van der Waals surface area (Å²) in [6, 6.07) is 25.3. The van der Waals surface area contributed by atoms with Gasteiger partial charge in [0, 0.05) is 17.5 Å². The fourth-order valence-electron chi connectivity index (χ4n) is 2.96. The number of hydrogen-bond donors (Lipinski definition) is 0. The highest BCUT2D eigenvalue weighted by atomic mass is 16.5. The molecule has 0 amide bonds. The third-order valence-electron chi connectivity index (χ3n) is 4.28. The van der Waals surface area contributed by atoms with Gasteiger partial charge in [0.15, 0.2) is 0 Å². The third-order valence-corrected chi connectivity index (χ3v) is 4.28. The second-order valence-electron chi connectivity index (χ2n) is 6.16. The van der Waals surface area contributed by atoms with E-state index in [2.05, 4.69) is 0 Å². The SMILES string of the molecule is O=C(Oc1ccc2ccc(=O)oc2c1)c1ccccc1Cc1ccccc1. The molecule has 0 fully saturated rings. The standard InChI is InChI=1S/C23H16O4/c24-22-13-11-17-10-12-19(15-21(17)27-22)26-23(25)20-9-5-4-8-18(20)14-16-6-2-1-3-7-16/h1-13,15H,14H2. The molecular weight excluding hydrogens is 340 g/mol. The molecule has 4 rings (SSSR count). The monoisotopic (exact) mass is 356 g/mol. The van der Waals surface area contributed by atoms with Gasteiger partial charge >= 0.3 is 11.6 Å². The Morgan fingerprint density at radius 3 is 2.44 bits per heavy atom. The first-order valence-corrected chi connectivity index (χ1v) is 8.57. The van der Waals surface area contributed by atoms with E-state index < -0.39 is 11.6 Å². The number of esters is 1. The average Bonchev–Trinajstić information content (AvgIpc) is 2.69. The van der Waals surface area contributed by atoms with Gasteiger partial charge in [-0.3, -0.25) is 0 Å². The van der Waals surface area contributed by atoms with Crippen molar-refractivity contribution in [2.24, 2.45) is 0 Å². The molecule has 132 valence electrons. The predicted octanol–water partition coefficient (Wildman–Crippen LogP) is 4.60. The molecule has 0 bridgehead atoms. The fourth-order valence-corrected chi connectivity index (χ4v) is 2.96. The molecule has 0 unspecified atom stereocenters. The van der Waals surface area contributed by atoms with Crippen molar-refractivity contribution in [2.75, 3.05) is 0 Å². The van der Waals surface area contributed by atoms with Crippen molar-refractivity contribution in [3.05, 3.63) is 112 Å². The Morgan fingerprint density at radius 1 is 0.852 bits per heavy atom. The Bertz CT molecular complexity index is 1160. The van der Waals surface area contributed by atoms with Crippen molar-refractivity contribution in [1.29, 1.82) is 0 Å². The Hall–Kier alpha value is -3.66. The summed E-state index contributed by atoms with van der Waals surface area (Å²) in [6.45, 7) is 0. The van der Waals surface area contributed by atoms with E-state index in [4.69, 9.17) is 9.15 Å². The summed E-state index contributed by atoms with van der Waals surface area (Å²) in [5, 5.41) is 0.763. The summed E-state index contributed by atoms with van der Waals surface area (Å²) < 4.78 is 10.7. The van der Waals surface area contributed by atoms with E-state index in [0.717, 1.165) is 16.5 Å². The van der Waals surface area contributed by atoms with Crippen LogP contribution in [0.1, 0.15) is 21.5 Å². The maximum absolute atomic E-state index is 12.7. The van der Waals surface area contributed by atoms with Gasteiger partial charge in [-0.05, 0) is 41.8 Å². The summed E-state index contributed by atoms with van der Waals surface area (Å²) in [4.78, 5) is 24.1. The maximum Gasteiger partial charge on any atom is 0.343 e. The molecule has 0 aliphatic heterocycles. The minimum absolute atomic E-state index is 0.330. The van der Waals surface area contributed by atoms with Crippen LogP contribution in [0, 0.1) is 0 Å². The molecule has 0 aliphatic rings. The molecule has 1 aromatic heterocycles. The smallest absolute Gasteiger partial charge is 0.343 e. The van der Waals surface area contributed by atoms with E-state index in [1.165, 1.54) is 6.07 Å². The van der Waals surface area contributed by atoms with E-state index in [1.54, 1.807) is 30.3 Å². The van der Waals surface area contributed by atoms with Crippen molar-refractivity contribution >= 4 is 16.9 Å². The van der Waals surface area contributed by atoms with Crippen LogP contribution in [0.4, 0.5) is 0 Å². The molecule has 0 N–H and O–H groups in total. The largest absolute Gasteiger partial charge is 0.423 e. The minimum Gasteiger partial charge on any atom is -0.423 e. The van der Waals surface area contributed by atoms with E-state index in [9.17, 15) is 9.59 Å². The zero-order valence-corrected chi connectivity index (χ0v) is 14.4. The van der Waals surface area contributed by atoms with Crippen LogP contribution < -0.4 is 10.4 Å². The Morgan fingerprint density at radius 2 is 1.59 bits per heavy atom. The molecule has 0 aliphatic carbocycles. The molecule has 0 saturated heterocycles. The summed E-state index contributed by atoms with van der Waals surface area (Å²) in [7, 11) is 0. The number of ether oxygens (including phenoxy) is 1. The molecule has 3 aromatic carbocycles. The number of rotatable bonds is 4. The Balaban J connectivity index is 1.61. The third kappa shape index (κ3) is 3.80. The van der Waals surface area contributed by atoms with Gasteiger partial charge in [0.05, 0.1) is 5.56 Å². The summed E-state index contributed by atoms with van der Waals surface area (Å²) in [6.07, 6.45) is 0.638. The average molecular weight is 356 g/mol. The molecule has 4 nitrogen and oxygen atoms in total. The highest BCUT2D eigenvalue weighted by molar-refractivity contribution is 5.93. The summed E-state index contributed by atoms with van der Waals surface area (Å²) in [5.74, 6) is -0.115. The van der Waals surface area contributed by atoms with Gasteiger partial charge in [-0.15, -0.1) is 0 Å². The lowest BCUT2D eigenvalue weighted by Gasteiger charge is -2.10. The van der Waals surface area contributed by atoms with Crippen LogP contribution >= 0.6 is 0 Å². The van der Waals surface area contributed by atoms with Gasteiger partial charge in [0.1, 0.15) is 11.3 Å². The van der Waals surface area contributed by atoms with E-state index >= 15 is 0 Å². The molecule has 0 atom stereocenters. The zero-order valence-electron chi connectivity index (χ0n) is 14.4. The minimum atomic E-state index is -0.445. The number of carbonyl (C=O) groups excluding carboxylic acids is 1. The molecule has 27 heavy (non-hydrogen) atoms. The molecule has 4 aromatic rings.